The lowest BCUT2D eigenvalue weighted by atomic mass is 10.0. The Morgan fingerprint density at radius 3 is 2.50 bits per heavy atom. The van der Waals surface area contributed by atoms with Crippen LogP contribution in [-0.4, -0.2) is 37.0 Å². The van der Waals surface area contributed by atoms with Crippen molar-refractivity contribution in [3.05, 3.63) is 59.7 Å². The number of carbonyl (C=O) groups is 1. The Kier molecular flexibility index (Phi) is 6.98. The number of aliphatic imine (C=N–C) groups is 1. The number of hydrogen-bond acceptors (Lipinski definition) is 5. The number of amides is 1. The summed E-state index contributed by atoms with van der Waals surface area (Å²) in [4.78, 5) is 17.5. The first-order valence-corrected chi connectivity index (χ1v) is 10.6. The van der Waals surface area contributed by atoms with Crippen LogP contribution < -0.4 is 16.4 Å². The van der Waals surface area contributed by atoms with Crippen LogP contribution in [0.4, 0.5) is 11.4 Å². The number of anilines is 2. The average molecular weight is 409 g/mol. The lowest BCUT2D eigenvalue weighted by Crippen LogP contribution is -2.43. The molecule has 1 aliphatic rings. The van der Waals surface area contributed by atoms with Gasteiger partial charge in [-0.3, -0.25) is 4.79 Å². The van der Waals surface area contributed by atoms with Gasteiger partial charge in [0.15, 0.2) is 0 Å². The third-order valence-corrected chi connectivity index (χ3v) is 5.44. The average Bonchev–Trinajstić information content (AvgIpc) is 3.21. The van der Waals surface area contributed by atoms with Crippen LogP contribution in [-0.2, 0) is 4.74 Å². The molecule has 2 aromatic carbocycles. The molecule has 0 saturated heterocycles. The Hall–Kier alpha value is -3.02. The van der Waals surface area contributed by atoms with Gasteiger partial charge in [0.1, 0.15) is 6.61 Å². The van der Waals surface area contributed by atoms with E-state index in [-0.39, 0.29) is 23.9 Å². The van der Waals surface area contributed by atoms with Gasteiger partial charge in [0.05, 0.1) is 17.2 Å². The standard InChI is InChI=1S/C24H32N4O2/c1-15(2)21(27-23(29)17-9-5-7-11-19(17)25)13-26-20-12-8-6-10-18(20)24-28-22(14-30-24)16(3)4/h5-12,15-16,21-22,26H,13-14,25H2,1-4H3,(H,27,29)/t21-,22-/m1/s1. The molecule has 0 aromatic heterocycles. The second-order valence-electron chi connectivity index (χ2n) is 8.39. The van der Waals surface area contributed by atoms with E-state index in [1.165, 1.54) is 0 Å². The molecule has 2 atom stereocenters. The maximum absolute atomic E-state index is 12.7. The van der Waals surface area contributed by atoms with Crippen LogP contribution in [0.5, 0.6) is 0 Å². The molecule has 0 unspecified atom stereocenters. The molecule has 0 spiro atoms. The van der Waals surface area contributed by atoms with Crippen LogP contribution in [0, 0.1) is 11.8 Å². The third-order valence-electron chi connectivity index (χ3n) is 5.44. The van der Waals surface area contributed by atoms with Crippen molar-refractivity contribution in [3.8, 4) is 0 Å². The van der Waals surface area contributed by atoms with Gasteiger partial charge in [-0.05, 0) is 36.1 Å². The SMILES string of the molecule is CC(C)[C@H]1COC(c2ccccc2NC[C@@H](NC(=O)c2ccccc2N)C(C)C)=N1. The summed E-state index contributed by atoms with van der Waals surface area (Å²) in [6, 6.07) is 15.2. The summed E-state index contributed by atoms with van der Waals surface area (Å²) in [5.41, 5.74) is 8.82. The normalized spacial score (nSPS) is 16.9. The minimum absolute atomic E-state index is 0.0694. The number of carbonyl (C=O) groups excluding carboxylic acids is 1. The highest BCUT2D eigenvalue weighted by atomic mass is 16.5. The van der Waals surface area contributed by atoms with E-state index < -0.39 is 0 Å². The molecule has 4 N–H and O–H groups in total. The van der Waals surface area contributed by atoms with Gasteiger partial charge >= 0.3 is 0 Å². The molecule has 0 bridgehead atoms. The maximum Gasteiger partial charge on any atom is 0.253 e. The zero-order valence-corrected chi connectivity index (χ0v) is 18.2. The van der Waals surface area contributed by atoms with Crippen molar-refractivity contribution in [1.29, 1.82) is 0 Å². The molecule has 3 rings (SSSR count). The van der Waals surface area contributed by atoms with Crippen LogP contribution in [0.2, 0.25) is 0 Å². The summed E-state index contributed by atoms with van der Waals surface area (Å²) in [5, 5.41) is 6.59. The van der Waals surface area contributed by atoms with E-state index in [1.807, 2.05) is 36.4 Å². The first-order chi connectivity index (χ1) is 14.4. The first kappa shape index (κ1) is 21.7. The number of nitrogens with zero attached hydrogens (tertiary/aromatic N) is 1. The van der Waals surface area contributed by atoms with E-state index in [1.54, 1.807) is 12.1 Å². The van der Waals surface area contributed by atoms with E-state index in [9.17, 15) is 4.79 Å². The van der Waals surface area contributed by atoms with Crippen molar-refractivity contribution in [2.45, 2.75) is 39.8 Å². The van der Waals surface area contributed by atoms with E-state index in [2.05, 4.69) is 38.3 Å². The zero-order chi connectivity index (χ0) is 21.7. The largest absolute Gasteiger partial charge is 0.475 e. The number of rotatable bonds is 8. The fourth-order valence-corrected chi connectivity index (χ4v) is 3.33. The number of ether oxygens (including phenoxy) is 1. The monoisotopic (exact) mass is 408 g/mol. The van der Waals surface area contributed by atoms with Gasteiger partial charge in [0.25, 0.3) is 5.91 Å². The molecule has 6 nitrogen and oxygen atoms in total. The highest BCUT2D eigenvalue weighted by Crippen LogP contribution is 2.23. The van der Waals surface area contributed by atoms with E-state index in [0.29, 0.717) is 36.2 Å². The quantitative estimate of drug-likeness (QED) is 0.577. The lowest BCUT2D eigenvalue weighted by molar-refractivity contribution is 0.0930. The summed E-state index contributed by atoms with van der Waals surface area (Å²) in [5.74, 6) is 1.20. The third kappa shape index (κ3) is 5.12. The number of nitrogen functional groups attached to an aromatic ring is 1. The van der Waals surface area contributed by atoms with Gasteiger partial charge in [0, 0.05) is 24.0 Å². The Bertz CT molecular complexity index is 908. The molecule has 0 aliphatic carbocycles. The van der Waals surface area contributed by atoms with E-state index >= 15 is 0 Å². The summed E-state index contributed by atoms with van der Waals surface area (Å²) < 4.78 is 5.87. The summed E-state index contributed by atoms with van der Waals surface area (Å²) in [6.45, 7) is 9.67. The molecule has 1 aliphatic heterocycles. The van der Waals surface area contributed by atoms with Gasteiger partial charge in [0.2, 0.25) is 5.90 Å². The van der Waals surface area contributed by atoms with E-state index in [4.69, 9.17) is 15.5 Å². The minimum Gasteiger partial charge on any atom is -0.475 e. The smallest absolute Gasteiger partial charge is 0.253 e. The van der Waals surface area contributed by atoms with Gasteiger partial charge in [-0.1, -0.05) is 52.0 Å². The number of benzene rings is 2. The second-order valence-corrected chi connectivity index (χ2v) is 8.39. The molecule has 0 radical (unpaired) electrons. The Morgan fingerprint density at radius 2 is 1.83 bits per heavy atom. The van der Waals surface area contributed by atoms with Gasteiger partial charge < -0.3 is 21.1 Å². The van der Waals surface area contributed by atoms with Crippen molar-refractivity contribution in [2.24, 2.45) is 16.8 Å². The Balaban J connectivity index is 1.71. The molecular formula is C24H32N4O2. The van der Waals surface area contributed by atoms with Crippen molar-refractivity contribution >= 4 is 23.2 Å². The molecular weight excluding hydrogens is 376 g/mol. The number of nitrogens with one attached hydrogen (secondary N) is 2. The van der Waals surface area contributed by atoms with Crippen molar-refractivity contribution in [3.63, 3.8) is 0 Å². The van der Waals surface area contributed by atoms with Crippen molar-refractivity contribution < 1.29 is 9.53 Å². The maximum atomic E-state index is 12.7. The molecule has 0 saturated carbocycles. The van der Waals surface area contributed by atoms with Crippen LogP contribution >= 0.6 is 0 Å². The summed E-state index contributed by atoms with van der Waals surface area (Å²) >= 11 is 0. The lowest BCUT2D eigenvalue weighted by Gasteiger charge is -2.24. The molecule has 30 heavy (non-hydrogen) atoms. The van der Waals surface area contributed by atoms with Crippen LogP contribution in [0.15, 0.2) is 53.5 Å². The molecule has 0 fully saturated rings. The molecule has 160 valence electrons. The molecule has 2 aromatic rings. The van der Waals surface area contributed by atoms with Crippen molar-refractivity contribution in [1.82, 2.24) is 5.32 Å². The zero-order valence-electron chi connectivity index (χ0n) is 18.2. The van der Waals surface area contributed by atoms with Crippen molar-refractivity contribution in [2.75, 3.05) is 24.2 Å². The highest BCUT2D eigenvalue weighted by molar-refractivity contribution is 6.00. The number of para-hydroxylation sites is 2. The molecule has 1 amide bonds. The minimum atomic E-state index is -0.162. The van der Waals surface area contributed by atoms with Gasteiger partial charge in [-0.2, -0.15) is 0 Å². The van der Waals surface area contributed by atoms with Crippen LogP contribution in [0.3, 0.4) is 0 Å². The fourth-order valence-electron chi connectivity index (χ4n) is 3.33. The Labute approximate surface area is 178 Å². The first-order valence-electron chi connectivity index (χ1n) is 10.6. The topological polar surface area (TPSA) is 88.7 Å². The predicted molar refractivity (Wildman–Crippen MR) is 123 cm³/mol. The molecule has 6 heteroatoms. The fraction of sp³-hybridized carbons (Fsp3) is 0.417. The van der Waals surface area contributed by atoms with Crippen LogP contribution in [0.25, 0.3) is 0 Å². The predicted octanol–water partition coefficient (Wildman–Crippen LogP) is 3.94. The summed E-state index contributed by atoms with van der Waals surface area (Å²) in [7, 11) is 0. The summed E-state index contributed by atoms with van der Waals surface area (Å²) in [6.07, 6.45) is 0. The number of nitrogens with two attached hydrogens (primary N) is 1. The second kappa shape index (κ2) is 9.65. The molecule has 1 heterocycles. The Morgan fingerprint density at radius 1 is 1.13 bits per heavy atom. The van der Waals surface area contributed by atoms with E-state index in [0.717, 1.165) is 11.3 Å². The van der Waals surface area contributed by atoms with Gasteiger partial charge in [-0.25, -0.2) is 4.99 Å². The highest BCUT2D eigenvalue weighted by Gasteiger charge is 2.25. The van der Waals surface area contributed by atoms with Crippen LogP contribution in [0.1, 0.15) is 43.6 Å². The van der Waals surface area contributed by atoms with Gasteiger partial charge in [-0.15, -0.1) is 0 Å². The number of hydrogen-bond donors (Lipinski definition) is 3.